The number of dihydropyridines is 1. The highest BCUT2D eigenvalue weighted by molar-refractivity contribution is 5.79. The zero-order valence-corrected chi connectivity index (χ0v) is 20.9. The molecule has 1 N–H and O–H groups in total. The standard InChI is InChI=1S/C16H25NO.C11H9F2N.C2H6/c1-2-3-7-14-13-8-5-4-6-12(13)11-17-15(14)9-10-16(17)18;12-10-4-9(5-11(13)6-10)8-2-1-3-14-7-8;1-2/h3,7,12-15H,2,4-6,8-11H2,1H3;1-6,14H,7H2;1-2H3/b7-3+;;/t12?,13?,14?,15-;;/m1../s1. The summed E-state index contributed by atoms with van der Waals surface area (Å²) < 4.78 is 25.8. The van der Waals surface area contributed by atoms with Crippen LogP contribution in [0.4, 0.5) is 8.78 Å². The van der Waals surface area contributed by atoms with E-state index in [4.69, 9.17) is 0 Å². The molecule has 0 aromatic heterocycles. The summed E-state index contributed by atoms with van der Waals surface area (Å²) in [5.74, 6) is 1.61. The number of piperidine rings is 1. The highest BCUT2D eigenvalue weighted by Gasteiger charge is 2.47. The Morgan fingerprint density at radius 2 is 1.82 bits per heavy atom. The van der Waals surface area contributed by atoms with Gasteiger partial charge in [0.15, 0.2) is 0 Å². The highest BCUT2D eigenvalue weighted by Crippen LogP contribution is 2.46. The Hall–Kier alpha value is -2.43. The predicted octanol–water partition coefficient (Wildman–Crippen LogP) is 6.87. The van der Waals surface area contributed by atoms with Crippen LogP contribution in [-0.2, 0) is 4.79 Å². The first-order valence-electron chi connectivity index (χ1n) is 13.1. The molecule has 34 heavy (non-hydrogen) atoms. The first-order chi connectivity index (χ1) is 16.6. The Morgan fingerprint density at radius 1 is 1.09 bits per heavy atom. The van der Waals surface area contributed by atoms with Gasteiger partial charge in [-0.25, -0.2) is 8.78 Å². The molecule has 2 saturated heterocycles. The number of hydrogen-bond acceptors (Lipinski definition) is 2. The molecular formula is C29H40F2N2O. The third kappa shape index (κ3) is 6.37. The number of carbonyl (C=O) groups is 1. The molecule has 1 aliphatic carbocycles. The van der Waals surface area contributed by atoms with E-state index in [2.05, 4.69) is 29.3 Å². The number of fused-ring (bicyclic) bond motifs is 2. The van der Waals surface area contributed by atoms with E-state index in [1.165, 1.54) is 37.8 Å². The van der Waals surface area contributed by atoms with Crippen molar-refractivity contribution in [2.24, 2.45) is 17.8 Å². The number of rotatable bonds is 3. The van der Waals surface area contributed by atoms with E-state index in [0.29, 0.717) is 30.0 Å². The van der Waals surface area contributed by atoms with E-state index in [1.807, 2.05) is 26.0 Å². The number of hydrogen-bond donors (Lipinski definition) is 1. The van der Waals surface area contributed by atoms with Gasteiger partial charge in [0.25, 0.3) is 0 Å². The topological polar surface area (TPSA) is 32.3 Å². The van der Waals surface area contributed by atoms with Crippen molar-refractivity contribution < 1.29 is 13.6 Å². The van der Waals surface area contributed by atoms with Crippen LogP contribution in [0.5, 0.6) is 0 Å². The average Bonchev–Trinajstić information content (AvgIpc) is 3.23. The Labute approximate surface area is 204 Å². The van der Waals surface area contributed by atoms with Crippen LogP contribution in [0.15, 0.2) is 48.7 Å². The van der Waals surface area contributed by atoms with Gasteiger partial charge in [-0.05, 0) is 73.1 Å². The van der Waals surface area contributed by atoms with Crippen molar-refractivity contribution in [3.8, 4) is 0 Å². The average molecular weight is 471 g/mol. The predicted molar refractivity (Wildman–Crippen MR) is 136 cm³/mol. The van der Waals surface area contributed by atoms with Gasteiger partial charge in [-0.3, -0.25) is 4.79 Å². The van der Waals surface area contributed by atoms with Crippen molar-refractivity contribution >= 4 is 11.5 Å². The highest BCUT2D eigenvalue weighted by atomic mass is 19.1. The SMILES string of the molecule is CC.CC/C=C/C1C2CCCCC2CN2C(=O)CC[C@H]12.Fc1cc(F)cc(C2=CC=CNC2)c1. The maximum absolute atomic E-state index is 12.9. The normalized spacial score (nSPS) is 27.5. The van der Waals surface area contributed by atoms with E-state index in [0.717, 1.165) is 49.3 Å². The largest absolute Gasteiger partial charge is 0.387 e. The number of allylic oxidation sites excluding steroid dienone is 3. The lowest BCUT2D eigenvalue weighted by Gasteiger charge is -2.48. The van der Waals surface area contributed by atoms with Gasteiger partial charge in [-0.1, -0.05) is 51.8 Å². The molecule has 5 heteroatoms. The molecule has 1 aromatic rings. The minimum absolute atomic E-state index is 0.416. The number of nitrogens with zero attached hydrogens (tertiary/aromatic N) is 1. The fourth-order valence-electron chi connectivity index (χ4n) is 5.86. The maximum atomic E-state index is 12.9. The molecule has 1 amide bonds. The summed E-state index contributed by atoms with van der Waals surface area (Å²) in [7, 11) is 0. The van der Waals surface area contributed by atoms with Gasteiger partial charge < -0.3 is 10.2 Å². The molecule has 0 bridgehead atoms. The fraction of sp³-hybridized carbons (Fsp3) is 0.552. The van der Waals surface area contributed by atoms with Crippen LogP contribution in [0.25, 0.3) is 5.57 Å². The lowest BCUT2D eigenvalue weighted by molar-refractivity contribution is -0.133. The lowest BCUT2D eigenvalue weighted by Crippen LogP contribution is -2.51. The molecule has 5 rings (SSSR count). The Bertz CT molecular complexity index is 887. The summed E-state index contributed by atoms with van der Waals surface area (Å²) in [6, 6.07) is 4.06. The van der Waals surface area contributed by atoms with Crippen LogP contribution < -0.4 is 5.32 Å². The zero-order valence-electron chi connectivity index (χ0n) is 20.9. The van der Waals surface area contributed by atoms with Crippen molar-refractivity contribution in [1.29, 1.82) is 0 Å². The van der Waals surface area contributed by atoms with Crippen LogP contribution in [0.2, 0.25) is 0 Å². The van der Waals surface area contributed by atoms with E-state index in [-0.39, 0.29) is 0 Å². The van der Waals surface area contributed by atoms with E-state index in [1.54, 1.807) is 6.20 Å². The molecule has 4 atom stereocenters. The van der Waals surface area contributed by atoms with Crippen LogP contribution in [0.1, 0.15) is 71.3 Å². The van der Waals surface area contributed by atoms with Gasteiger partial charge in [0, 0.05) is 37.5 Å². The van der Waals surface area contributed by atoms with Gasteiger partial charge in [-0.2, -0.15) is 0 Å². The Balaban J connectivity index is 0.000000183. The second kappa shape index (κ2) is 12.9. The molecule has 0 radical (unpaired) electrons. The molecule has 3 aliphatic heterocycles. The number of halogens is 2. The number of nitrogens with one attached hydrogen (secondary N) is 1. The van der Waals surface area contributed by atoms with Crippen molar-refractivity contribution in [1.82, 2.24) is 10.2 Å². The third-order valence-electron chi connectivity index (χ3n) is 7.34. The number of carbonyl (C=O) groups excluding carboxylic acids is 1. The number of benzene rings is 1. The quantitative estimate of drug-likeness (QED) is 0.489. The second-order valence-electron chi connectivity index (χ2n) is 9.36. The Kier molecular flexibility index (Phi) is 9.91. The molecule has 1 saturated carbocycles. The van der Waals surface area contributed by atoms with Crippen LogP contribution >= 0.6 is 0 Å². The summed E-state index contributed by atoms with van der Waals surface area (Å²) >= 11 is 0. The first-order valence-corrected chi connectivity index (χ1v) is 13.1. The zero-order chi connectivity index (χ0) is 24.5. The monoisotopic (exact) mass is 470 g/mol. The van der Waals surface area contributed by atoms with Crippen LogP contribution in [-0.4, -0.2) is 29.9 Å². The smallest absolute Gasteiger partial charge is 0.222 e. The molecule has 3 unspecified atom stereocenters. The minimum Gasteiger partial charge on any atom is -0.387 e. The summed E-state index contributed by atoms with van der Waals surface area (Å²) in [6.07, 6.45) is 18.7. The molecule has 3 heterocycles. The molecule has 3 nitrogen and oxygen atoms in total. The molecule has 3 fully saturated rings. The summed E-state index contributed by atoms with van der Waals surface area (Å²) in [5.41, 5.74) is 1.46. The van der Waals surface area contributed by atoms with Crippen LogP contribution in [0.3, 0.4) is 0 Å². The summed E-state index contributed by atoms with van der Waals surface area (Å²) in [4.78, 5) is 14.2. The van der Waals surface area contributed by atoms with E-state index in [9.17, 15) is 13.6 Å². The van der Waals surface area contributed by atoms with Gasteiger partial charge >= 0.3 is 0 Å². The third-order valence-corrected chi connectivity index (χ3v) is 7.34. The van der Waals surface area contributed by atoms with Gasteiger partial charge in [-0.15, -0.1) is 0 Å². The van der Waals surface area contributed by atoms with E-state index < -0.39 is 11.6 Å². The van der Waals surface area contributed by atoms with Crippen molar-refractivity contribution in [2.45, 2.75) is 71.8 Å². The van der Waals surface area contributed by atoms with Crippen LogP contribution in [0, 0.1) is 29.4 Å². The fourth-order valence-corrected chi connectivity index (χ4v) is 5.86. The summed E-state index contributed by atoms with van der Waals surface area (Å²) in [5, 5.41) is 2.98. The van der Waals surface area contributed by atoms with Crippen molar-refractivity contribution in [3.05, 3.63) is 65.9 Å². The molecule has 186 valence electrons. The van der Waals surface area contributed by atoms with Crippen molar-refractivity contribution in [3.63, 3.8) is 0 Å². The lowest BCUT2D eigenvalue weighted by atomic mass is 9.67. The van der Waals surface area contributed by atoms with Gasteiger partial charge in [0.05, 0.1) is 0 Å². The van der Waals surface area contributed by atoms with E-state index >= 15 is 0 Å². The summed E-state index contributed by atoms with van der Waals surface area (Å²) in [6.45, 7) is 7.86. The number of amides is 1. The minimum atomic E-state index is -0.546. The second-order valence-corrected chi connectivity index (χ2v) is 9.36. The van der Waals surface area contributed by atoms with Crippen molar-refractivity contribution in [2.75, 3.05) is 13.1 Å². The molecular weight excluding hydrogens is 430 g/mol. The molecule has 4 aliphatic rings. The maximum Gasteiger partial charge on any atom is 0.222 e. The first kappa shape index (κ1) is 26.2. The molecule has 1 aromatic carbocycles. The Morgan fingerprint density at radius 3 is 2.50 bits per heavy atom. The van der Waals surface area contributed by atoms with Gasteiger partial charge in [0.2, 0.25) is 5.91 Å². The van der Waals surface area contributed by atoms with Gasteiger partial charge in [0.1, 0.15) is 11.6 Å². The molecule has 0 spiro atoms.